The largest absolute Gasteiger partial charge is 0.338 e. The fourth-order valence-corrected chi connectivity index (χ4v) is 3.11. The Morgan fingerprint density at radius 1 is 1.46 bits per heavy atom. The van der Waals surface area contributed by atoms with Gasteiger partial charge in [-0.05, 0) is 25.6 Å². The van der Waals surface area contributed by atoms with E-state index in [1.165, 1.54) is 6.07 Å². The van der Waals surface area contributed by atoms with Gasteiger partial charge in [0.15, 0.2) is 5.82 Å². The van der Waals surface area contributed by atoms with Gasteiger partial charge in [-0.1, -0.05) is 22.8 Å². The van der Waals surface area contributed by atoms with E-state index in [9.17, 15) is 4.39 Å². The lowest BCUT2D eigenvalue weighted by Crippen LogP contribution is -2.46. The van der Waals surface area contributed by atoms with Crippen LogP contribution in [0.25, 0.3) is 0 Å². The summed E-state index contributed by atoms with van der Waals surface area (Å²) in [5, 5.41) is 13.1. The molecule has 1 aromatic carbocycles. The van der Waals surface area contributed by atoms with Crippen molar-refractivity contribution >= 4 is 11.6 Å². The molecule has 126 valence electrons. The van der Waals surface area contributed by atoms with Crippen LogP contribution in [0.3, 0.4) is 0 Å². The van der Waals surface area contributed by atoms with Crippen LogP contribution in [-0.2, 0) is 6.54 Å². The zero-order chi connectivity index (χ0) is 17.3. The van der Waals surface area contributed by atoms with Crippen LogP contribution in [0.2, 0.25) is 5.02 Å². The molecule has 0 aliphatic carbocycles. The van der Waals surface area contributed by atoms with Crippen LogP contribution in [-0.4, -0.2) is 46.6 Å². The number of aromatic nitrogens is 2. The van der Waals surface area contributed by atoms with Gasteiger partial charge in [0.05, 0.1) is 5.02 Å². The smallest absolute Gasteiger partial charge is 0.245 e. The van der Waals surface area contributed by atoms with E-state index in [4.69, 9.17) is 21.4 Å². The van der Waals surface area contributed by atoms with Crippen LogP contribution < -0.4 is 0 Å². The van der Waals surface area contributed by atoms with Gasteiger partial charge >= 0.3 is 0 Å². The standard InChI is InChI=1S/C16H17ClFN5O/c1-10-20-16(24-21-10)14-9-23(6-5-22(14)2)8-11-3-4-13(18)12(7-19)15(11)17/h3-4,14H,5-6,8-9H2,1-2H3. The predicted octanol–water partition coefficient (Wildman–Crippen LogP) is 2.53. The van der Waals surface area contributed by atoms with Crippen molar-refractivity contribution in [1.29, 1.82) is 5.26 Å². The van der Waals surface area contributed by atoms with Crippen molar-refractivity contribution in [3.05, 3.63) is 45.8 Å². The summed E-state index contributed by atoms with van der Waals surface area (Å²) in [5.41, 5.74) is 0.631. The number of nitrogens with zero attached hydrogens (tertiary/aromatic N) is 5. The van der Waals surface area contributed by atoms with Crippen molar-refractivity contribution in [3.8, 4) is 6.07 Å². The highest BCUT2D eigenvalue weighted by atomic mass is 35.5. The first-order valence-corrected chi connectivity index (χ1v) is 7.97. The van der Waals surface area contributed by atoms with Gasteiger partial charge in [0, 0.05) is 26.2 Å². The van der Waals surface area contributed by atoms with Crippen LogP contribution in [0.4, 0.5) is 4.39 Å². The van der Waals surface area contributed by atoms with Crippen molar-refractivity contribution in [2.24, 2.45) is 0 Å². The molecular weight excluding hydrogens is 333 g/mol. The molecule has 1 aromatic heterocycles. The van der Waals surface area contributed by atoms with Gasteiger partial charge in [0.1, 0.15) is 23.5 Å². The van der Waals surface area contributed by atoms with E-state index in [1.54, 1.807) is 13.0 Å². The van der Waals surface area contributed by atoms with Crippen LogP contribution in [0.5, 0.6) is 0 Å². The van der Waals surface area contributed by atoms with Crippen molar-refractivity contribution in [2.45, 2.75) is 19.5 Å². The summed E-state index contributed by atoms with van der Waals surface area (Å²) in [6, 6.07) is 4.73. The summed E-state index contributed by atoms with van der Waals surface area (Å²) < 4.78 is 18.9. The Labute approximate surface area is 144 Å². The minimum absolute atomic E-state index is 0.00499. The second kappa shape index (κ2) is 6.85. The van der Waals surface area contributed by atoms with Crippen molar-refractivity contribution in [1.82, 2.24) is 19.9 Å². The van der Waals surface area contributed by atoms with Gasteiger partial charge in [-0.2, -0.15) is 10.2 Å². The van der Waals surface area contributed by atoms with E-state index in [0.717, 1.165) is 18.7 Å². The molecular formula is C16H17ClFN5O. The predicted molar refractivity (Wildman–Crippen MR) is 85.8 cm³/mol. The van der Waals surface area contributed by atoms with Gasteiger partial charge < -0.3 is 4.52 Å². The molecule has 0 radical (unpaired) electrons. The molecule has 1 aliphatic rings. The molecule has 1 unspecified atom stereocenters. The Kier molecular flexibility index (Phi) is 4.81. The van der Waals surface area contributed by atoms with E-state index < -0.39 is 5.82 Å². The molecule has 24 heavy (non-hydrogen) atoms. The second-order valence-corrected chi connectivity index (χ2v) is 6.30. The van der Waals surface area contributed by atoms with E-state index in [0.29, 0.717) is 24.8 Å². The number of benzene rings is 1. The molecule has 1 fully saturated rings. The quantitative estimate of drug-likeness (QED) is 0.848. The molecule has 1 saturated heterocycles. The third kappa shape index (κ3) is 3.26. The van der Waals surface area contributed by atoms with Crippen molar-refractivity contribution in [3.63, 3.8) is 0 Å². The van der Waals surface area contributed by atoms with Crippen LogP contribution >= 0.6 is 11.6 Å². The minimum atomic E-state index is -0.594. The topological polar surface area (TPSA) is 69.2 Å². The van der Waals surface area contributed by atoms with Gasteiger partial charge in [-0.15, -0.1) is 0 Å². The van der Waals surface area contributed by atoms with E-state index in [2.05, 4.69) is 19.9 Å². The molecule has 0 bridgehead atoms. The first-order chi connectivity index (χ1) is 11.5. The summed E-state index contributed by atoms with van der Waals surface area (Å²) in [6.07, 6.45) is 0. The Hall–Kier alpha value is -2.01. The zero-order valence-corrected chi connectivity index (χ0v) is 14.2. The third-order valence-electron chi connectivity index (χ3n) is 4.24. The molecule has 3 rings (SSSR count). The van der Waals surface area contributed by atoms with Crippen molar-refractivity contribution in [2.75, 3.05) is 26.7 Å². The highest BCUT2D eigenvalue weighted by Gasteiger charge is 2.30. The number of rotatable bonds is 3. The Bertz CT molecular complexity index is 787. The number of halogens is 2. The summed E-state index contributed by atoms with van der Waals surface area (Å²) >= 11 is 6.18. The van der Waals surface area contributed by atoms with Crippen molar-refractivity contribution < 1.29 is 8.91 Å². The lowest BCUT2D eigenvalue weighted by atomic mass is 10.1. The van der Waals surface area contributed by atoms with Gasteiger partial charge in [0.25, 0.3) is 0 Å². The molecule has 8 heteroatoms. The lowest BCUT2D eigenvalue weighted by Gasteiger charge is -2.37. The third-order valence-corrected chi connectivity index (χ3v) is 4.67. The molecule has 0 N–H and O–H groups in total. The molecule has 6 nitrogen and oxygen atoms in total. The summed E-state index contributed by atoms with van der Waals surface area (Å²) in [5.74, 6) is 0.599. The minimum Gasteiger partial charge on any atom is -0.338 e. The number of aryl methyl sites for hydroxylation is 1. The molecule has 0 saturated carbocycles. The number of hydrogen-bond donors (Lipinski definition) is 0. The summed E-state index contributed by atoms with van der Waals surface area (Å²) in [7, 11) is 2.01. The second-order valence-electron chi connectivity index (χ2n) is 5.92. The zero-order valence-electron chi connectivity index (χ0n) is 13.5. The maximum absolute atomic E-state index is 13.6. The van der Waals surface area contributed by atoms with Crippen LogP contribution in [0, 0.1) is 24.1 Å². The Morgan fingerprint density at radius 3 is 2.92 bits per heavy atom. The van der Waals surface area contributed by atoms with Gasteiger partial charge in [-0.3, -0.25) is 9.80 Å². The number of piperazine rings is 1. The highest BCUT2D eigenvalue weighted by molar-refractivity contribution is 6.32. The molecule has 0 amide bonds. The molecule has 2 aromatic rings. The number of likely N-dealkylation sites (N-methyl/N-ethyl adjacent to an activating group) is 1. The first kappa shape index (κ1) is 16.8. The first-order valence-electron chi connectivity index (χ1n) is 7.59. The molecule has 0 spiro atoms. The normalized spacial score (nSPS) is 19.4. The van der Waals surface area contributed by atoms with Crippen LogP contribution in [0.1, 0.15) is 28.9 Å². The van der Waals surface area contributed by atoms with E-state index in [1.807, 2.05) is 13.1 Å². The fourth-order valence-electron chi connectivity index (χ4n) is 2.85. The molecule has 2 heterocycles. The lowest BCUT2D eigenvalue weighted by molar-refractivity contribution is 0.0714. The Balaban J connectivity index is 1.78. The average molecular weight is 350 g/mol. The van der Waals surface area contributed by atoms with Gasteiger partial charge in [0.2, 0.25) is 5.89 Å². The molecule has 1 aliphatic heterocycles. The average Bonchev–Trinajstić information content (AvgIpc) is 2.98. The van der Waals surface area contributed by atoms with Crippen LogP contribution in [0.15, 0.2) is 16.7 Å². The van der Waals surface area contributed by atoms with Gasteiger partial charge in [-0.25, -0.2) is 4.39 Å². The van der Waals surface area contributed by atoms with E-state index in [-0.39, 0.29) is 16.6 Å². The SMILES string of the molecule is Cc1noc(C2CN(Cc3ccc(F)c(C#N)c3Cl)CCN2C)n1. The number of hydrogen-bond acceptors (Lipinski definition) is 6. The monoisotopic (exact) mass is 349 g/mol. The maximum Gasteiger partial charge on any atom is 0.245 e. The summed E-state index contributed by atoms with van der Waals surface area (Å²) in [4.78, 5) is 8.67. The summed E-state index contributed by atoms with van der Waals surface area (Å²) in [6.45, 7) is 4.67. The Morgan fingerprint density at radius 2 is 2.25 bits per heavy atom. The number of nitriles is 1. The highest BCUT2D eigenvalue weighted by Crippen LogP contribution is 2.28. The molecule has 1 atom stereocenters. The van der Waals surface area contributed by atoms with E-state index >= 15 is 0 Å². The maximum atomic E-state index is 13.6. The fraction of sp³-hybridized carbons (Fsp3) is 0.438.